The Labute approximate surface area is 360 Å². The molecule has 0 aliphatic heterocycles. The first-order valence-corrected chi connectivity index (χ1v) is 21.2. The molecule has 0 bridgehead atoms. The molecule has 62 heavy (non-hydrogen) atoms. The second kappa shape index (κ2) is 14.8. The van der Waals surface area contributed by atoms with E-state index in [2.05, 4.69) is 241 Å². The number of rotatable bonds is 7. The van der Waals surface area contributed by atoms with Crippen molar-refractivity contribution in [1.29, 1.82) is 0 Å². The average molecular weight is 790 g/mol. The predicted molar refractivity (Wildman–Crippen MR) is 263 cm³/mol. The lowest BCUT2D eigenvalue weighted by Gasteiger charge is -2.26. The van der Waals surface area contributed by atoms with Crippen molar-refractivity contribution in [2.75, 3.05) is 4.90 Å². The van der Waals surface area contributed by atoms with Gasteiger partial charge in [0.25, 0.3) is 0 Å². The maximum Gasteiger partial charge on any atom is 0.143 e. The fourth-order valence-corrected chi connectivity index (χ4v) is 9.34. The molecule has 0 atom stereocenters. The topological polar surface area (TPSA) is 16.4 Å². The first kappa shape index (κ1) is 35.7. The van der Waals surface area contributed by atoms with Crippen LogP contribution in [0.1, 0.15) is 0 Å². The molecule has 0 unspecified atom stereocenters. The highest BCUT2D eigenvalue weighted by atomic mass is 16.3. The van der Waals surface area contributed by atoms with Crippen molar-refractivity contribution in [3.63, 3.8) is 0 Å². The van der Waals surface area contributed by atoms with E-state index in [0.717, 1.165) is 55.5 Å². The summed E-state index contributed by atoms with van der Waals surface area (Å²) in [5, 5.41) is 9.65. The SMILES string of the molecule is c1ccc(-c2cccc(-c3ccc(N(c4ccc(-c5ccc6c(ccc7ccccc76)c5)cc4)c4ccc(-c5cccc6oc7c8ccccc8ccc7c56)cc4)cc3)c2)cc1. The van der Waals surface area contributed by atoms with E-state index in [1.807, 2.05) is 0 Å². The van der Waals surface area contributed by atoms with Gasteiger partial charge in [0.1, 0.15) is 11.2 Å². The molecule has 0 aliphatic rings. The van der Waals surface area contributed by atoms with Gasteiger partial charge in [0.15, 0.2) is 0 Å². The van der Waals surface area contributed by atoms with Crippen molar-refractivity contribution in [1.82, 2.24) is 0 Å². The normalized spacial score (nSPS) is 11.5. The fourth-order valence-electron chi connectivity index (χ4n) is 9.34. The van der Waals surface area contributed by atoms with Crippen LogP contribution < -0.4 is 4.90 Å². The molecule has 2 nitrogen and oxygen atoms in total. The van der Waals surface area contributed by atoms with E-state index < -0.39 is 0 Å². The number of benzene rings is 11. The standard InChI is InChI=1S/C60H39NO/c1-2-10-40(11-3-1)46-14-8-15-47(38-46)41-22-30-50(31-23-41)61(51-32-24-42(25-33-51)48-29-36-54-49(39-48)21-20-43-12-4-6-16-53(43)54)52-34-26-45(27-35-52)55-18-9-19-58-59(55)57-37-28-44-13-5-7-17-56(44)60(57)62-58/h1-39H. The van der Waals surface area contributed by atoms with Crippen molar-refractivity contribution in [2.24, 2.45) is 0 Å². The summed E-state index contributed by atoms with van der Waals surface area (Å²) in [4.78, 5) is 2.35. The van der Waals surface area contributed by atoms with E-state index in [1.165, 1.54) is 60.3 Å². The molecule has 12 rings (SSSR count). The Morgan fingerprint density at radius 3 is 1.44 bits per heavy atom. The zero-order valence-electron chi connectivity index (χ0n) is 33.9. The van der Waals surface area contributed by atoms with E-state index >= 15 is 0 Å². The summed E-state index contributed by atoms with van der Waals surface area (Å²) in [7, 11) is 0. The molecule has 0 aliphatic carbocycles. The molecule has 11 aromatic carbocycles. The van der Waals surface area contributed by atoms with Crippen LogP contribution in [-0.4, -0.2) is 0 Å². The van der Waals surface area contributed by atoms with E-state index in [9.17, 15) is 0 Å². The summed E-state index contributed by atoms with van der Waals surface area (Å²) in [5.74, 6) is 0. The predicted octanol–water partition coefficient (Wildman–Crippen LogP) is 17.2. The molecule has 0 saturated carbocycles. The molecular weight excluding hydrogens is 751 g/mol. The van der Waals surface area contributed by atoms with Gasteiger partial charge >= 0.3 is 0 Å². The van der Waals surface area contributed by atoms with Gasteiger partial charge in [-0.3, -0.25) is 0 Å². The van der Waals surface area contributed by atoms with E-state index in [4.69, 9.17) is 4.42 Å². The van der Waals surface area contributed by atoms with Gasteiger partial charge in [0.05, 0.1) is 0 Å². The van der Waals surface area contributed by atoms with Gasteiger partial charge in [0, 0.05) is 33.2 Å². The molecule has 1 aromatic heterocycles. The second-order valence-electron chi connectivity index (χ2n) is 16.1. The second-order valence-corrected chi connectivity index (χ2v) is 16.1. The number of hydrogen-bond acceptors (Lipinski definition) is 2. The number of nitrogens with zero attached hydrogens (tertiary/aromatic N) is 1. The van der Waals surface area contributed by atoms with Gasteiger partial charge < -0.3 is 9.32 Å². The molecule has 0 saturated heterocycles. The van der Waals surface area contributed by atoms with Crippen molar-refractivity contribution in [2.45, 2.75) is 0 Å². The van der Waals surface area contributed by atoms with Crippen LogP contribution in [0.2, 0.25) is 0 Å². The number of hydrogen-bond donors (Lipinski definition) is 0. The molecule has 2 heteroatoms. The monoisotopic (exact) mass is 789 g/mol. The van der Waals surface area contributed by atoms with Crippen LogP contribution in [0, 0.1) is 0 Å². The Balaban J connectivity index is 0.929. The van der Waals surface area contributed by atoms with Crippen LogP contribution in [-0.2, 0) is 0 Å². The summed E-state index contributed by atoms with van der Waals surface area (Å²) in [5.41, 5.74) is 14.5. The molecule has 0 amide bonds. The van der Waals surface area contributed by atoms with Crippen LogP contribution in [0.25, 0.3) is 98.8 Å². The fraction of sp³-hybridized carbons (Fsp3) is 0. The quantitative estimate of drug-likeness (QED) is 0.150. The third-order valence-electron chi connectivity index (χ3n) is 12.5. The van der Waals surface area contributed by atoms with Gasteiger partial charge in [-0.15, -0.1) is 0 Å². The van der Waals surface area contributed by atoms with Crippen LogP contribution >= 0.6 is 0 Å². The van der Waals surface area contributed by atoms with E-state index in [1.54, 1.807) is 0 Å². The highest BCUT2D eigenvalue weighted by molar-refractivity contribution is 6.19. The molecule has 0 radical (unpaired) electrons. The summed E-state index contributed by atoms with van der Waals surface area (Å²) < 4.78 is 6.55. The molecule has 1 heterocycles. The van der Waals surface area contributed by atoms with Crippen molar-refractivity contribution in [3.05, 3.63) is 237 Å². The van der Waals surface area contributed by atoms with Crippen molar-refractivity contribution >= 4 is 71.3 Å². The van der Waals surface area contributed by atoms with E-state index in [-0.39, 0.29) is 0 Å². The van der Waals surface area contributed by atoms with Gasteiger partial charge in [-0.05, 0) is 132 Å². The maximum absolute atomic E-state index is 6.55. The van der Waals surface area contributed by atoms with Gasteiger partial charge in [-0.1, -0.05) is 176 Å². The van der Waals surface area contributed by atoms with Gasteiger partial charge in [-0.25, -0.2) is 0 Å². The molecule has 0 spiro atoms. The highest BCUT2D eigenvalue weighted by Gasteiger charge is 2.17. The number of anilines is 3. The average Bonchev–Trinajstić information content (AvgIpc) is 3.75. The molecular formula is C60H39NO. The lowest BCUT2D eigenvalue weighted by molar-refractivity contribution is 0.673. The largest absolute Gasteiger partial charge is 0.455 e. The smallest absolute Gasteiger partial charge is 0.143 e. The van der Waals surface area contributed by atoms with Crippen molar-refractivity contribution in [3.8, 4) is 44.5 Å². The molecule has 290 valence electrons. The molecule has 0 fully saturated rings. The summed E-state index contributed by atoms with van der Waals surface area (Å²) in [6.07, 6.45) is 0. The Hall–Kier alpha value is -8.20. The van der Waals surface area contributed by atoms with Gasteiger partial charge in [0.2, 0.25) is 0 Å². The van der Waals surface area contributed by atoms with Crippen LogP contribution in [0.4, 0.5) is 17.1 Å². The highest BCUT2D eigenvalue weighted by Crippen LogP contribution is 2.42. The third-order valence-corrected chi connectivity index (χ3v) is 12.5. The lowest BCUT2D eigenvalue weighted by atomic mass is 9.97. The number of fused-ring (bicyclic) bond motifs is 8. The summed E-state index contributed by atoms with van der Waals surface area (Å²) in [6, 6.07) is 85.4. The minimum Gasteiger partial charge on any atom is -0.455 e. The van der Waals surface area contributed by atoms with Crippen LogP contribution in [0.5, 0.6) is 0 Å². The number of furan rings is 1. The first-order chi connectivity index (χ1) is 30.7. The van der Waals surface area contributed by atoms with Crippen LogP contribution in [0.15, 0.2) is 241 Å². The Morgan fingerprint density at radius 2 is 0.742 bits per heavy atom. The maximum atomic E-state index is 6.55. The zero-order chi connectivity index (χ0) is 41.0. The Kier molecular flexibility index (Phi) is 8.53. The first-order valence-electron chi connectivity index (χ1n) is 21.2. The molecule has 12 aromatic rings. The van der Waals surface area contributed by atoms with Crippen LogP contribution in [0.3, 0.4) is 0 Å². The van der Waals surface area contributed by atoms with Gasteiger partial charge in [-0.2, -0.15) is 0 Å². The Bertz CT molecular complexity index is 3600. The molecule has 0 N–H and O–H groups in total. The minimum absolute atomic E-state index is 0.897. The van der Waals surface area contributed by atoms with Crippen molar-refractivity contribution < 1.29 is 4.42 Å². The zero-order valence-corrected chi connectivity index (χ0v) is 33.9. The summed E-state index contributed by atoms with van der Waals surface area (Å²) >= 11 is 0. The third kappa shape index (κ3) is 6.20. The van der Waals surface area contributed by atoms with E-state index in [0.29, 0.717) is 0 Å². The minimum atomic E-state index is 0.897. The summed E-state index contributed by atoms with van der Waals surface area (Å²) in [6.45, 7) is 0. The Morgan fingerprint density at radius 1 is 0.274 bits per heavy atom. The lowest BCUT2D eigenvalue weighted by Crippen LogP contribution is -2.09.